The summed E-state index contributed by atoms with van der Waals surface area (Å²) in [4.78, 5) is 17.4. The number of piperidine rings is 1. The van der Waals surface area contributed by atoms with Crippen molar-refractivity contribution in [2.45, 2.75) is 12.3 Å². The molecular formula is C21H34B2ClN3OP2S2. The number of carbonyl (C=O) groups is 1. The Morgan fingerprint density at radius 3 is 2.53 bits per heavy atom. The number of rotatable bonds is 11. The lowest BCUT2D eigenvalue weighted by molar-refractivity contribution is -0.122. The second-order valence-corrected chi connectivity index (χ2v) is 17.5. The van der Waals surface area contributed by atoms with Gasteiger partial charge in [0.05, 0.1) is 6.54 Å². The van der Waals surface area contributed by atoms with E-state index in [0.29, 0.717) is 24.9 Å². The Balaban J connectivity index is 2.08. The third kappa shape index (κ3) is 10.3. The van der Waals surface area contributed by atoms with E-state index in [1.54, 1.807) is 0 Å². The molecule has 11 heteroatoms. The monoisotopic (exact) mass is 527 g/mol. The van der Waals surface area contributed by atoms with Crippen molar-refractivity contribution in [3.8, 4) is 0 Å². The molecular weight excluding hydrogens is 493 g/mol. The number of nitrogens with zero attached hydrogens (tertiary/aromatic N) is 2. The third-order valence-electron chi connectivity index (χ3n) is 5.88. The predicted octanol–water partition coefficient (Wildman–Crippen LogP) is 3.18. The van der Waals surface area contributed by atoms with Crippen LogP contribution in [0.25, 0.3) is 0 Å². The maximum absolute atomic E-state index is 12.7. The normalized spacial score (nSPS) is 21.7. The van der Waals surface area contributed by atoms with Crippen molar-refractivity contribution in [2.24, 2.45) is 5.92 Å². The van der Waals surface area contributed by atoms with Crippen molar-refractivity contribution in [1.29, 1.82) is 0 Å². The van der Waals surface area contributed by atoms with Crippen LogP contribution in [0.15, 0.2) is 24.3 Å². The smallest absolute Gasteiger partial charge is 0.234 e. The summed E-state index contributed by atoms with van der Waals surface area (Å²) in [6.07, 6.45) is 5.45. The highest BCUT2D eigenvalue weighted by Crippen LogP contribution is 2.33. The molecule has 0 spiro atoms. The minimum atomic E-state index is 0.101. The Labute approximate surface area is 209 Å². The van der Waals surface area contributed by atoms with Gasteiger partial charge < -0.3 is 10.2 Å². The van der Waals surface area contributed by atoms with Crippen LogP contribution >= 0.6 is 26.1 Å². The van der Waals surface area contributed by atoms with Crippen molar-refractivity contribution in [2.75, 3.05) is 70.3 Å². The molecule has 0 aromatic heterocycles. The zero-order valence-corrected chi connectivity index (χ0v) is 23.6. The highest BCUT2D eigenvalue weighted by molar-refractivity contribution is 8.27. The number of nitrogens with one attached hydrogen (secondary N) is 1. The van der Waals surface area contributed by atoms with E-state index >= 15 is 0 Å². The van der Waals surface area contributed by atoms with Gasteiger partial charge in [-0.1, -0.05) is 23.7 Å². The molecule has 32 heavy (non-hydrogen) atoms. The Hall–Kier alpha value is 0.330. The lowest BCUT2D eigenvalue weighted by Gasteiger charge is -2.39. The fourth-order valence-electron chi connectivity index (χ4n) is 4.08. The number of likely N-dealkylation sites (tertiary alicyclic amines) is 1. The first-order chi connectivity index (χ1) is 15.3. The highest BCUT2D eigenvalue weighted by atomic mass is 35.5. The first-order valence-corrected chi connectivity index (χ1v) is 17.9. The van der Waals surface area contributed by atoms with Crippen LogP contribution in [0.5, 0.6) is 0 Å². The lowest BCUT2D eigenvalue weighted by Crippen LogP contribution is -2.47. The van der Waals surface area contributed by atoms with Crippen LogP contribution in [-0.4, -0.2) is 101 Å². The van der Waals surface area contributed by atoms with E-state index in [9.17, 15) is 4.79 Å². The van der Waals surface area contributed by atoms with Crippen LogP contribution in [0.3, 0.4) is 0 Å². The molecule has 1 aromatic carbocycles. The number of benzene rings is 1. The van der Waals surface area contributed by atoms with Gasteiger partial charge in [0, 0.05) is 42.7 Å². The fraction of sp³-hybridized carbons (Fsp3) is 0.667. The molecule has 1 aromatic rings. The number of hydrogen-bond acceptors (Lipinski definition) is 3. The van der Waals surface area contributed by atoms with Crippen molar-refractivity contribution in [3.63, 3.8) is 0 Å². The number of amides is 1. The van der Waals surface area contributed by atoms with Gasteiger partial charge in [-0.3, -0.25) is 9.69 Å². The molecule has 3 unspecified atom stereocenters. The number of hydrogen-bond donors (Lipinski definition) is 1. The third-order valence-corrected chi connectivity index (χ3v) is 11.7. The van der Waals surface area contributed by atoms with Gasteiger partial charge in [0.25, 0.3) is 0 Å². The molecule has 0 bridgehead atoms. The quantitative estimate of drug-likeness (QED) is 0.355. The van der Waals surface area contributed by atoms with Crippen LogP contribution in [0.2, 0.25) is 5.02 Å². The van der Waals surface area contributed by atoms with Crippen LogP contribution in [0.1, 0.15) is 17.9 Å². The summed E-state index contributed by atoms with van der Waals surface area (Å²) in [5, 5.41) is 3.87. The largest absolute Gasteiger partial charge is 0.354 e. The molecule has 0 saturated carbocycles. The molecule has 2 rings (SSSR count). The first kappa shape index (κ1) is 28.6. The summed E-state index contributed by atoms with van der Waals surface area (Å²) >= 11 is 6.13. The van der Waals surface area contributed by atoms with E-state index in [-0.39, 0.29) is 26.1 Å². The van der Waals surface area contributed by atoms with Crippen molar-refractivity contribution < 1.29 is 4.79 Å². The van der Waals surface area contributed by atoms with Crippen LogP contribution in [-0.2, 0) is 24.9 Å². The Kier molecular flexibility index (Phi) is 13.7. The first-order valence-electron chi connectivity index (χ1n) is 10.8. The van der Waals surface area contributed by atoms with E-state index in [1.165, 1.54) is 5.56 Å². The van der Waals surface area contributed by atoms with E-state index < -0.39 is 0 Å². The highest BCUT2D eigenvalue weighted by Gasteiger charge is 2.30. The molecule has 0 aliphatic carbocycles. The molecule has 4 nitrogen and oxygen atoms in total. The van der Waals surface area contributed by atoms with Gasteiger partial charge in [-0.15, -0.1) is 14.5 Å². The molecule has 1 aliphatic heterocycles. The van der Waals surface area contributed by atoms with Gasteiger partial charge in [-0.2, -0.15) is 20.1 Å². The molecule has 1 fully saturated rings. The molecule has 1 amide bonds. The van der Waals surface area contributed by atoms with Crippen molar-refractivity contribution >= 4 is 67.3 Å². The summed E-state index contributed by atoms with van der Waals surface area (Å²) in [5.41, 5.74) is 1.35. The van der Waals surface area contributed by atoms with Crippen LogP contribution in [0, 0.1) is 5.92 Å². The van der Waals surface area contributed by atoms with E-state index in [0.717, 1.165) is 63.6 Å². The van der Waals surface area contributed by atoms with Gasteiger partial charge >= 0.3 is 0 Å². The number of carbonyl (C=O) groups excluding carboxylic acids is 1. The maximum Gasteiger partial charge on any atom is 0.234 e. The molecule has 1 aliphatic rings. The molecule has 1 saturated heterocycles. The van der Waals surface area contributed by atoms with Crippen LogP contribution in [0.4, 0.5) is 0 Å². The molecule has 4 radical (unpaired) electrons. The summed E-state index contributed by atoms with van der Waals surface area (Å²) in [5.74, 6) is 3.00. The van der Waals surface area contributed by atoms with Crippen molar-refractivity contribution in [1.82, 2.24) is 15.1 Å². The van der Waals surface area contributed by atoms with E-state index in [1.807, 2.05) is 12.1 Å². The molecule has 4 atom stereocenters. The Morgan fingerprint density at radius 1 is 1.22 bits per heavy atom. The summed E-state index contributed by atoms with van der Waals surface area (Å²) in [7, 11) is 15.9. The maximum atomic E-state index is 12.7. The van der Waals surface area contributed by atoms with E-state index in [2.05, 4.69) is 46.8 Å². The van der Waals surface area contributed by atoms with Gasteiger partial charge in [-0.05, 0) is 62.1 Å². The second-order valence-electron chi connectivity index (χ2n) is 8.37. The zero-order valence-electron chi connectivity index (χ0n) is 19.4. The van der Waals surface area contributed by atoms with Gasteiger partial charge in [0.2, 0.25) is 5.91 Å². The van der Waals surface area contributed by atoms with Gasteiger partial charge in [0.1, 0.15) is 0 Å². The van der Waals surface area contributed by atoms with Gasteiger partial charge in [0.15, 0.2) is 15.1 Å². The average molecular weight is 528 g/mol. The SMILES string of the molecule is [B]P=S(C)CCNC(=O)CN(CCS(C)=P[B])C[C@@H]1CN(C)CCC1c1ccc(Cl)cc1. The molecule has 174 valence electrons. The van der Waals surface area contributed by atoms with Crippen LogP contribution < -0.4 is 5.32 Å². The van der Waals surface area contributed by atoms with Crippen molar-refractivity contribution in [3.05, 3.63) is 34.9 Å². The second kappa shape index (κ2) is 15.4. The Bertz CT molecular complexity index is 802. The van der Waals surface area contributed by atoms with Gasteiger partial charge in [-0.25, -0.2) is 0 Å². The predicted molar refractivity (Wildman–Crippen MR) is 151 cm³/mol. The summed E-state index contributed by atoms with van der Waals surface area (Å²) < 4.78 is 0. The number of halogens is 1. The average Bonchev–Trinajstić information content (AvgIpc) is 2.78. The molecule has 1 heterocycles. The standard InChI is InChI=1S/C21H34B2ClN3OP2S2/c1-26-10-8-20(17-4-6-19(24)7-5-17)18(14-26)15-27(11-13-32(3)30-23)16-21(28)25-9-12-31(2)29-22/h4-7,18,20H,8-16H2,1-3H3,(H,25,28)/t18-,20?,31?,32?/m0/s1. The van der Waals surface area contributed by atoms with E-state index in [4.69, 9.17) is 26.7 Å². The summed E-state index contributed by atoms with van der Waals surface area (Å²) in [6.45, 7) is 5.05. The topological polar surface area (TPSA) is 35.6 Å². The zero-order chi connectivity index (χ0) is 23.5. The lowest BCUT2D eigenvalue weighted by atomic mass is 9.80. The molecule has 1 N–H and O–H groups in total. The summed E-state index contributed by atoms with van der Waals surface area (Å²) in [6, 6.07) is 8.31. The fourth-order valence-corrected chi connectivity index (χ4v) is 6.49. The Morgan fingerprint density at radius 2 is 1.88 bits per heavy atom. The minimum Gasteiger partial charge on any atom is -0.354 e. The minimum absolute atomic E-state index is 0.101.